The summed E-state index contributed by atoms with van der Waals surface area (Å²) in [5.41, 5.74) is -0.0566. The third kappa shape index (κ3) is 3.89. The highest BCUT2D eigenvalue weighted by molar-refractivity contribution is 7.89. The summed E-state index contributed by atoms with van der Waals surface area (Å²) in [6.07, 6.45) is 0. The molecule has 0 saturated heterocycles. The molecule has 0 radical (unpaired) electrons. The number of anilines is 1. The summed E-state index contributed by atoms with van der Waals surface area (Å²) in [5.74, 6) is 0. The van der Waals surface area contributed by atoms with E-state index in [-0.39, 0.29) is 22.3 Å². The van der Waals surface area contributed by atoms with E-state index in [9.17, 15) is 18.5 Å². The van der Waals surface area contributed by atoms with Gasteiger partial charge in [0.2, 0.25) is 10.0 Å². The number of hydrogen-bond donors (Lipinski definition) is 2. The first-order valence-corrected chi connectivity index (χ1v) is 7.27. The zero-order chi connectivity index (χ0) is 15.3. The van der Waals surface area contributed by atoms with Gasteiger partial charge in [0.15, 0.2) is 0 Å². The molecular formula is C11H17N3O5S. The lowest BCUT2D eigenvalue weighted by Gasteiger charge is -2.14. The Hall–Kier alpha value is -1.71. The highest BCUT2D eigenvalue weighted by atomic mass is 32.2. The van der Waals surface area contributed by atoms with Gasteiger partial charge in [-0.15, -0.1) is 0 Å². The number of sulfonamides is 1. The number of ether oxygens (including phenoxy) is 1. The molecule has 0 aliphatic rings. The van der Waals surface area contributed by atoms with Crippen molar-refractivity contribution in [1.82, 2.24) is 4.72 Å². The van der Waals surface area contributed by atoms with Gasteiger partial charge in [-0.1, -0.05) is 0 Å². The molecule has 0 spiro atoms. The second-order valence-corrected chi connectivity index (χ2v) is 6.03. The maximum atomic E-state index is 11.6. The molecule has 0 heterocycles. The van der Waals surface area contributed by atoms with Crippen LogP contribution in [0.1, 0.15) is 6.92 Å². The van der Waals surface area contributed by atoms with Crippen molar-refractivity contribution < 1.29 is 18.1 Å². The van der Waals surface area contributed by atoms with Gasteiger partial charge in [0, 0.05) is 19.2 Å². The topological polar surface area (TPSA) is 111 Å². The summed E-state index contributed by atoms with van der Waals surface area (Å²) < 4.78 is 30.3. The van der Waals surface area contributed by atoms with Crippen molar-refractivity contribution in [2.45, 2.75) is 17.9 Å². The molecule has 1 aromatic rings. The van der Waals surface area contributed by atoms with E-state index in [0.717, 1.165) is 6.07 Å². The molecule has 0 bridgehead atoms. The monoisotopic (exact) mass is 303 g/mol. The summed E-state index contributed by atoms with van der Waals surface area (Å²) >= 11 is 0. The van der Waals surface area contributed by atoms with Crippen LogP contribution in [0.15, 0.2) is 23.1 Å². The minimum absolute atomic E-state index is 0.148. The molecule has 0 aromatic heterocycles. The van der Waals surface area contributed by atoms with Crippen molar-refractivity contribution in [3.05, 3.63) is 28.3 Å². The molecule has 20 heavy (non-hydrogen) atoms. The molecule has 0 saturated carbocycles. The molecule has 0 fully saturated rings. The number of nitrogens with zero attached hydrogens (tertiary/aromatic N) is 1. The maximum Gasteiger partial charge on any atom is 0.293 e. The molecular weight excluding hydrogens is 286 g/mol. The van der Waals surface area contributed by atoms with Gasteiger partial charge in [-0.25, -0.2) is 13.1 Å². The van der Waals surface area contributed by atoms with E-state index in [1.54, 1.807) is 6.92 Å². The molecule has 8 nitrogen and oxygen atoms in total. The van der Waals surface area contributed by atoms with Crippen LogP contribution in [-0.2, 0) is 14.8 Å². The first kappa shape index (κ1) is 16.3. The molecule has 112 valence electrons. The summed E-state index contributed by atoms with van der Waals surface area (Å²) in [7, 11) is -0.950. The first-order valence-electron chi connectivity index (χ1n) is 5.79. The summed E-state index contributed by atoms with van der Waals surface area (Å²) in [6.45, 7) is 2.17. The first-order chi connectivity index (χ1) is 9.31. The van der Waals surface area contributed by atoms with Crippen molar-refractivity contribution in [2.24, 2.45) is 0 Å². The van der Waals surface area contributed by atoms with Gasteiger partial charge in [0.1, 0.15) is 5.69 Å². The van der Waals surface area contributed by atoms with Gasteiger partial charge in [-0.3, -0.25) is 10.1 Å². The highest BCUT2D eigenvalue weighted by Gasteiger charge is 2.21. The van der Waals surface area contributed by atoms with E-state index in [2.05, 4.69) is 10.0 Å². The standard InChI is InChI=1S/C11H17N3O5S/c1-8(7-19-3)13-10-5-4-9(20(17,18)12-2)6-11(10)14(15)16/h4-6,8,12-13H,7H2,1-3H3/t8-/m1/s1. The second-order valence-electron chi connectivity index (χ2n) is 4.14. The van der Waals surface area contributed by atoms with Crippen LogP contribution in [0.5, 0.6) is 0 Å². The van der Waals surface area contributed by atoms with Crippen LogP contribution in [-0.4, -0.2) is 40.1 Å². The molecule has 1 atom stereocenters. The van der Waals surface area contributed by atoms with Crippen LogP contribution < -0.4 is 10.0 Å². The molecule has 0 aliphatic heterocycles. The lowest BCUT2D eigenvalue weighted by molar-refractivity contribution is -0.384. The number of nitro benzene ring substituents is 1. The van der Waals surface area contributed by atoms with Crippen molar-refractivity contribution in [3.63, 3.8) is 0 Å². The third-order valence-corrected chi connectivity index (χ3v) is 3.98. The van der Waals surface area contributed by atoms with Crippen LogP contribution in [0, 0.1) is 10.1 Å². The van der Waals surface area contributed by atoms with Gasteiger partial charge in [-0.2, -0.15) is 0 Å². The van der Waals surface area contributed by atoms with Crippen LogP contribution >= 0.6 is 0 Å². The average Bonchev–Trinajstić information content (AvgIpc) is 2.38. The minimum Gasteiger partial charge on any atom is -0.383 e. The number of methoxy groups -OCH3 is 1. The van der Waals surface area contributed by atoms with Crippen LogP contribution in [0.2, 0.25) is 0 Å². The van der Waals surface area contributed by atoms with Gasteiger partial charge < -0.3 is 10.1 Å². The Morgan fingerprint density at radius 3 is 2.60 bits per heavy atom. The highest BCUT2D eigenvalue weighted by Crippen LogP contribution is 2.28. The number of nitrogens with one attached hydrogen (secondary N) is 2. The fourth-order valence-electron chi connectivity index (χ4n) is 1.63. The van der Waals surface area contributed by atoms with E-state index in [1.165, 1.54) is 26.3 Å². The maximum absolute atomic E-state index is 11.6. The minimum atomic E-state index is -3.72. The Labute approximate surface area is 117 Å². The van der Waals surface area contributed by atoms with Crippen LogP contribution in [0.4, 0.5) is 11.4 Å². The quantitative estimate of drug-likeness (QED) is 0.573. The van der Waals surface area contributed by atoms with E-state index < -0.39 is 14.9 Å². The lowest BCUT2D eigenvalue weighted by atomic mass is 10.2. The van der Waals surface area contributed by atoms with Crippen molar-refractivity contribution in [1.29, 1.82) is 0 Å². The largest absolute Gasteiger partial charge is 0.383 e. The van der Waals surface area contributed by atoms with Crippen molar-refractivity contribution in [3.8, 4) is 0 Å². The fourth-order valence-corrected chi connectivity index (χ4v) is 2.38. The van der Waals surface area contributed by atoms with Gasteiger partial charge in [0.25, 0.3) is 5.69 Å². The number of nitro groups is 1. The molecule has 2 N–H and O–H groups in total. The summed E-state index contributed by atoms with van der Waals surface area (Å²) in [4.78, 5) is 10.3. The van der Waals surface area contributed by atoms with E-state index in [4.69, 9.17) is 4.74 Å². The van der Waals surface area contributed by atoms with Gasteiger partial charge >= 0.3 is 0 Å². The Morgan fingerprint density at radius 2 is 2.10 bits per heavy atom. The fraction of sp³-hybridized carbons (Fsp3) is 0.455. The second kappa shape index (κ2) is 6.64. The Bertz CT molecular complexity index is 588. The summed E-state index contributed by atoms with van der Waals surface area (Å²) in [5, 5.41) is 14.0. The van der Waals surface area contributed by atoms with Crippen molar-refractivity contribution in [2.75, 3.05) is 26.1 Å². The van der Waals surface area contributed by atoms with Crippen molar-refractivity contribution >= 4 is 21.4 Å². The average molecular weight is 303 g/mol. The molecule has 1 aromatic carbocycles. The number of rotatable bonds is 7. The molecule has 0 unspecified atom stereocenters. The zero-order valence-electron chi connectivity index (χ0n) is 11.4. The number of hydrogen-bond acceptors (Lipinski definition) is 6. The summed E-state index contributed by atoms with van der Waals surface area (Å²) in [6, 6.07) is 3.55. The Balaban J connectivity index is 3.18. The van der Waals surface area contributed by atoms with Gasteiger partial charge in [0.05, 0.1) is 16.4 Å². The molecule has 0 aliphatic carbocycles. The normalized spacial score (nSPS) is 12.9. The molecule has 9 heteroatoms. The van der Waals surface area contributed by atoms with E-state index in [0.29, 0.717) is 6.61 Å². The van der Waals surface area contributed by atoms with E-state index >= 15 is 0 Å². The Kier molecular flexibility index (Phi) is 5.43. The third-order valence-electron chi connectivity index (χ3n) is 2.56. The van der Waals surface area contributed by atoms with Gasteiger partial charge in [-0.05, 0) is 26.1 Å². The number of benzene rings is 1. The SMILES string of the molecule is CNS(=O)(=O)c1ccc(N[C@H](C)COC)c([N+](=O)[O-])c1. The molecule has 0 amide bonds. The lowest BCUT2D eigenvalue weighted by Crippen LogP contribution is -2.22. The molecule has 1 rings (SSSR count). The smallest absolute Gasteiger partial charge is 0.293 e. The predicted octanol–water partition coefficient (Wildman–Crippen LogP) is 0.950. The Morgan fingerprint density at radius 1 is 1.45 bits per heavy atom. The van der Waals surface area contributed by atoms with Crippen LogP contribution in [0.3, 0.4) is 0 Å². The predicted molar refractivity (Wildman–Crippen MR) is 74.3 cm³/mol. The van der Waals surface area contributed by atoms with E-state index in [1.807, 2.05) is 0 Å². The van der Waals surface area contributed by atoms with Crippen LogP contribution in [0.25, 0.3) is 0 Å². The zero-order valence-corrected chi connectivity index (χ0v) is 12.2.